The third-order valence-electron chi connectivity index (χ3n) is 2.26. The Labute approximate surface area is 101 Å². The number of rotatable bonds is 5. The molecular weight excluding hydrogens is 214 g/mol. The van der Waals surface area contributed by atoms with Crippen molar-refractivity contribution in [2.24, 2.45) is 5.92 Å². The van der Waals surface area contributed by atoms with Crippen molar-refractivity contribution < 1.29 is 0 Å². The van der Waals surface area contributed by atoms with Crippen LogP contribution in [0.2, 0.25) is 0 Å². The molecule has 2 heterocycles. The van der Waals surface area contributed by atoms with Crippen molar-refractivity contribution in [2.75, 3.05) is 5.32 Å². The number of aromatic nitrogens is 4. The molecule has 1 N–H and O–H groups in total. The summed E-state index contributed by atoms with van der Waals surface area (Å²) in [5, 5.41) is 7.46. The van der Waals surface area contributed by atoms with Crippen molar-refractivity contribution in [3.8, 4) is 0 Å². The normalized spacial score (nSPS) is 10.8. The van der Waals surface area contributed by atoms with Gasteiger partial charge in [0.25, 0.3) is 0 Å². The molecule has 0 unspecified atom stereocenters. The van der Waals surface area contributed by atoms with Crippen LogP contribution >= 0.6 is 0 Å². The molecule has 0 aliphatic carbocycles. The van der Waals surface area contributed by atoms with E-state index >= 15 is 0 Å². The van der Waals surface area contributed by atoms with Gasteiger partial charge in [-0.1, -0.05) is 13.8 Å². The summed E-state index contributed by atoms with van der Waals surface area (Å²) < 4.78 is 1.97. The monoisotopic (exact) mass is 231 g/mol. The van der Waals surface area contributed by atoms with E-state index in [-0.39, 0.29) is 0 Å². The molecule has 90 valence electrons. The van der Waals surface area contributed by atoms with Crippen molar-refractivity contribution in [3.63, 3.8) is 0 Å². The predicted molar refractivity (Wildman–Crippen MR) is 66.4 cm³/mol. The highest BCUT2D eigenvalue weighted by Crippen LogP contribution is 2.04. The number of anilines is 1. The molecule has 2 aromatic rings. The van der Waals surface area contributed by atoms with Crippen molar-refractivity contribution >= 4 is 5.95 Å². The quantitative estimate of drug-likeness (QED) is 0.854. The van der Waals surface area contributed by atoms with Gasteiger partial charge in [0, 0.05) is 37.2 Å². The molecule has 0 aromatic carbocycles. The van der Waals surface area contributed by atoms with E-state index in [1.54, 1.807) is 18.5 Å². The van der Waals surface area contributed by atoms with Crippen molar-refractivity contribution in [1.82, 2.24) is 19.7 Å². The van der Waals surface area contributed by atoms with Crippen molar-refractivity contribution in [1.29, 1.82) is 0 Å². The van der Waals surface area contributed by atoms with Gasteiger partial charge in [-0.2, -0.15) is 5.10 Å². The van der Waals surface area contributed by atoms with Crippen LogP contribution < -0.4 is 5.32 Å². The molecule has 0 amide bonds. The van der Waals surface area contributed by atoms with E-state index in [0.717, 1.165) is 12.1 Å². The van der Waals surface area contributed by atoms with Crippen LogP contribution in [0.5, 0.6) is 0 Å². The van der Waals surface area contributed by atoms with Crippen LogP contribution in [0.25, 0.3) is 0 Å². The highest BCUT2D eigenvalue weighted by atomic mass is 15.3. The molecule has 5 nitrogen and oxygen atoms in total. The van der Waals surface area contributed by atoms with Gasteiger partial charge in [-0.15, -0.1) is 0 Å². The lowest BCUT2D eigenvalue weighted by molar-refractivity contribution is 0.483. The molecule has 0 fully saturated rings. The minimum atomic E-state index is 0.605. The van der Waals surface area contributed by atoms with Crippen LogP contribution in [-0.4, -0.2) is 19.7 Å². The summed E-state index contributed by atoms with van der Waals surface area (Å²) in [5.74, 6) is 1.25. The minimum Gasteiger partial charge on any atom is -0.350 e. The second kappa shape index (κ2) is 5.43. The Balaban J connectivity index is 1.89. The summed E-state index contributed by atoms with van der Waals surface area (Å²) in [7, 11) is 0. The summed E-state index contributed by atoms with van der Waals surface area (Å²) in [6.07, 6.45) is 7.36. The number of hydrogen-bond acceptors (Lipinski definition) is 4. The van der Waals surface area contributed by atoms with E-state index in [2.05, 4.69) is 40.4 Å². The highest BCUT2D eigenvalue weighted by molar-refractivity contribution is 5.24. The number of hydrogen-bond donors (Lipinski definition) is 1. The second-order valence-corrected chi connectivity index (χ2v) is 4.39. The smallest absolute Gasteiger partial charge is 0.222 e. The van der Waals surface area contributed by atoms with Gasteiger partial charge < -0.3 is 5.32 Å². The Morgan fingerprint density at radius 2 is 2.06 bits per heavy atom. The Hall–Kier alpha value is -1.91. The zero-order chi connectivity index (χ0) is 12.1. The van der Waals surface area contributed by atoms with E-state index < -0.39 is 0 Å². The van der Waals surface area contributed by atoms with Crippen molar-refractivity contribution in [2.45, 2.75) is 26.9 Å². The van der Waals surface area contributed by atoms with Gasteiger partial charge >= 0.3 is 0 Å². The van der Waals surface area contributed by atoms with Gasteiger partial charge in [0.05, 0.1) is 6.20 Å². The van der Waals surface area contributed by atoms with Crippen LogP contribution in [0.4, 0.5) is 5.95 Å². The van der Waals surface area contributed by atoms with Gasteiger partial charge in [0.15, 0.2) is 0 Å². The largest absolute Gasteiger partial charge is 0.350 e. The zero-order valence-electron chi connectivity index (χ0n) is 10.2. The van der Waals surface area contributed by atoms with Crippen molar-refractivity contribution in [3.05, 3.63) is 36.4 Å². The molecular formula is C12H17N5. The maximum absolute atomic E-state index is 4.30. The van der Waals surface area contributed by atoms with E-state index in [1.807, 2.05) is 10.9 Å². The van der Waals surface area contributed by atoms with E-state index in [9.17, 15) is 0 Å². The summed E-state index contributed by atoms with van der Waals surface area (Å²) >= 11 is 0. The van der Waals surface area contributed by atoms with Crippen LogP contribution in [0.1, 0.15) is 19.4 Å². The van der Waals surface area contributed by atoms with E-state index in [4.69, 9.17) is 0 Å². The Bertz CT molecular complexity index is 449. The second-order valence-electron chi connectivity index (χ2n) is 4.39. The highest BCUT2D eigenvalue weighted by Gasteiger charge is 2.01. The molecule has 17 heavy (non-hydrogen) atoms. The Morgan fingerprint density at radius 3 is 2.76 bits per heavy atom. The molecule has 0 aliphatic heterocycles. The van der Waals surface area contributed by atoms with Gasteiger partial charge in [-0.25, -0.2) is 9.97 Å². The van der Waals surface area contributed by atoms with Gasteiger partial charge in [0.2, 0.25) is 5.95 Å². The molecule has 0 atom stereocenters. The Morgan fingerprint density at radius 1 is 1.29 bits per heavy atom. The summed E-state index contributed by atoms with van der Waals surface area (Å²) in [6, 6.07) is 1.80. The van der Waals surface area contributed by atoms with Gasteiger partial charge in [-0.3, -0.25) is 4.68 Å². The maximum atomic E-state index is 4.30. The summed E-state index contributed by atoms with van der Waals surface area (Å²) in [6.45, 7) is 6.00. The maximum Gasteiger partial charge on any atom is 0.222 e. The lowest BCUT2D eigenvalue weighted by atomic mass is 10.2. The molecule has 0 saturated heterocycles. The fourth-order valence-electron chi connectivity index (χ4n) is 1.54. The molecule has 0 spiro atoms. The minimum absolute atomic E-state index is 0.605. The molecule has 0 saturated carbocycles. The fraction of sp³-hybridized carbons (Fsp3) is 0.417. The third-order valence-corrected chi connectivity index (χ3v) is 2.26. The fourth-order valence-corrected chi connectivity index (χ4v) is 1.54. The van der Waals surface area contributed by atoms with Crippen LogP contribution in [0, 0.1) is 5.92 Å². The lowest BCUT2D eigenvalue weighted by Gasteiger charge is -2.04. The van der Waals surface area contributed by atoms with Crippen LogP contribution in [0.3, 0.4) is 0 Å². The summed E-state index contributed by atoms with van der Waals surface area (Å²) in [5.41, 5.74) is 1.14. The zero-order valence-corrected chi connectivity index (χ0v) is 10.2. The third kappa shape index (κ3) is 3.55. The standard InChI is InChI=1S/C12H17N5/c1-10(2)8-17-9-11(7-16-17)6-15-12-13-4-3-5-14-12/h3-5,7,9-10H,6,8H2,1-2H3,(H,13,14,15). The van der Waals surface area contributed by atoms with Gasteiger partial charge in [-0.05, 0) is 12.0 Å². The SMILES string of the molecule is CC(C)Cn1cc(CNc2ncccn2)cn1. The first-order valence-electron chi connectivity index (χ1n) is 5.76. The Kier molecular flexibility index (Phi) is 3.69. The average Bonchev–Trinajstić information content (AvgIpc) is 2.75. The average molecular weight is 231 g/mol. The first kappa shape index (κ1) is 11.6. The van der Waals surface area contributed by atoms with E-state index in [1.165, 1.54) is 0 Å². The van der Waals surface area contributed by atoms with E-state index in [0.29, 0.717) is 18.4 Å². The molecule has 0 bridgehead atoms. The molecule has 0 aliphatic rings. The first-order chi connectivity index (χ1) is 8.24. The predicted octanol–water partition coefficient (Wildman–Crippen LogP) is 1.94. The molecule has 2 aromatic heterocycles. The number of nitrogens with zero attached hydrogens (tertiary/aromatic N) is 4. The number of nitrogens with one attached hydrogen (secondary N) is 1. The molecule has 0 radical (unpaired) electrons. The summed E-state index contributed by atoms with van der Waals surface area (Å²) in [4.78, 5) is 8.20. The molecule has 2 rings (SSSR count). The molecule has 5 heteroatoms. The topological polar surface area (TPSA) is 55.6 Å². The first-order valence-corrected chi connectivity index (χ1v) is 5.76. The lowest BCUT2D eigenvalue weighted by Crippen LogP contribution is -2.05. The van der Waals surface area contributed by atoms with Crippen LogP contribution in [0.15, 0.2) is 30.9 Å². The van der Waals surface area contributed by atoms with Gasteiger partial charge in [0.1, 0.15) is 0 Å². The van der Waals surface area contributed by atoms with Crippen LogP contribution in [-0.2, 0) is 13.1 Å².